The first-order valence-electron chi connectivity index (χ1n) is 12.9. The molecule has 7 aromatic rings. The van der Waals surface area contributed by atoms with Crippen LogP contribution < -0.4 is 20.7 Å². The fourth-order valence-electron chi connectivity index (χ4n) is 7.01. The lowest BCUT2D eigenvalue weighted by atomic mass is 9.97. The van der Waals surface area contributed by atoms with Crippen molar-refractivity contribution in [3.8, 4) is 11.1 Å². The Balaban J connectivity index is 1.68. The summed E-state index contributed by atoms with van der Waals surface area (Å²) in [5.41, 5.74) is 5.47. The van der Waals surface area contributed by atoms with Gasteiger partial charge < -0.3 is 4.57 Å². The second kappa shape index (κ2) is 7.55. The van der Waals surface area contributed by atoms with Crippen LogP contribution in [-0.2, 0) is 7.05 Å². The van der Waals surface area contributed by atoms with Gasteiger partial charge in [0.15, 0.2) is 8.07 Å². The van der Waals surface area contributed by atoms with Crippen molar-refractivity contribution < 1.29 is 0 Å². The molecule has 0 amide bonds. The molecule has 0 bridgehead atoms. The predicted octanol–water partition coefficient (Wildman–Crippen LogP) is 5.84. The number of aromatic nitrogens is 1. The van der Waals surface area contributed by atoms with Crippen LogP contribution in [0.4, 0.5) is 0 Å². The van der Waals surface area contributed by atoms with Crippen molar-refractivity contribution in [3.63, 3.8) is 0 Å². The number of para-hydroxylation sites is 1. The van der Waals surface area contributed by atoms with Crippen LogP contribution in [0.1, 0.15) is 0 Å². The molecule has 0 saturated heterocycles. The molecule has 2 heterocycles. The maximum atomic E-state index is 2.45. The van der Waals surface area contributed by atoms with Crippen molar-refractivity contribution in [1.82, 2.24) is 4.57 Å². The van der Waals surface area contributed by atoms with Crippen molar-refractivity contribution in [2.24, 2.45) is 7.05 Å². The van der Waals surface area contributed by atoms with Gasteiger partial charge >= 0.3 is 0 Å². The van der Waals surface area contributed by atoms with E-state index in [9.17, 15) is 0 Å². The maximum absolute atomic E-state index is 2.62. The van der Waals surface area contributed by atoms with E-state index in [1.54, 1.807) is 0 Å². The summed E-state index contributed by atoms with van der Waals surface area (Å²) in [4.78, 5) is 0. The Kier molecular flexibility index (Phi) is 4.23. The molecule has 0 aliphatic carbocycles. The Bertz CT molecular complexity index is 1940. The number of benzene rings is 6. The number of aryl methyl sites for hydroxylation is 1. The fraction of sp³-hybridized carbons (Fsp3) is 0.0286. The van der Waals surface area contributed by atoms with Gasteiger partial charge in [-0.2, -0.15) is 0 Å². The van der Waals surface area contributed by atoms with E-state index in [4.69, 9.17) is 0 Å². The van der Waals surface area contributed by atoms with Crippen LogP contribution >= 0.6 is 0 Å². The molecule has 0 N–H and O–H groups in total. The zero-order chi connectivity index (χ0) is 24.6. The second-order valence-corrected chi connectivity index (χ2v) is 13.8. The lowest BCUT2D eigenvalue weighted by Crippen LogP contribution is -2.73. The van der Waals surface area contributed by atoms with E-state index in [0.29, 0.717) is 0 Å². The first kappa shape index (κ1) is 20.8. The van der Waals surface area contributed by atoms with E-state index < -0.39 is 8.07 Å². The molecule has 1 aliphatic heterocycles. The van der Waals surface area contributed by atoms with Gasteiger partial charge in [0.1, 0.15) is 0 Å². The van der Waals surface area contributed by atoms with E-state index in [1.807, 2.05) is 0 Å². The Morgan fingerprint density at radius 2 is 1.14 bits per heavy atom. The van der Waals surface area contributed by atoms with Crippen LogP contribution in [-0.4, -0.2) is 12.6 Å². The average molecular weight is 488 g/mol. The average Bonchev–Trinajstić information content (AvgIpc) is 3.44. The van der Waals surface area contributed by atoms with E-state index in [-0.39, 0.29) is 0 Å². The van der Waals surface area contributed by atoms with Gasteiger partial charge in [0, 0.05) is 28.9 Å². The van der Waals surface area contributed by atoms with Crippen LogP contribution in [0.15, 0.2) is 133 Å². The highest BCUT2D eigenvalue weighted by molar-refractivity contribution is 7.23. The molecule has 0 spiro atoms. The summed E-state index contributed by atoms with van der Waals surface area (Å²) in [7, 11) is -0.371. The first-order valence-corrected chi connectivity index (χ1v) is 14.9. The predicted molar refractivity (Wildman–Crippen MR) is 161 cm³/mol. The Morgan fingerprint density at radius 3 is 1.86 bits per heavy atom. The van der Waals surface area contributed by atoms with Crippen molar-refractivity contribution in [2.45, 2.75) is 0 Å². The Morgan fingerprint density at radius 1 is 0.514 bits per heavy atom. The van der Waals surface area contributed by atoms with Gasteiger partial charge in [-0.3, -0.25) is 0 Å². The zero-order valence-corrected chi connectivity index (χ0v) is 21.6. The molecule has 8 rings (SSSR count). The van der Waals surface area contributed by atoms with Gasteiger partial charge in [-0.25, -0.2) is 0 Å². The molecule has 0 fully saturated rings. The van der Waals surface area contributed by atoms with Crippen molar-refractivity contribution in [3.05, 3.63) is 133 Å². The van der Waals surface area contributed by atoms with E-state index in [2.05, 4.69) is 145 Å². The van der Waals surface area contributed by atoms with Gasteiger partial charge in [0.05, 0.1) is 0 Å². The number of rotatable bonds is 2. The first-order chi connectivity index (χ1) is 18.3. The zero-order valence-electron chi connectivity index (χ0n) is 20.6. The van der Waals surface area contributed by atoms with Crippen LogP contribution in [0.3, 0.4) is 0 Å². The molecule has 1 aromatic heterocycles. The van der Waals surface area contributed by atoms with Crippen molar-refractivity contribution in [1.29, 1.82) is 0 Å². The topological polar surface area (TPSA) is 4.93 Å². The number of fused-ring (bicyclic) bond motifs is 9. The standard InChI is InChI=1S/C35H25NSi/c1-36-31-19-11-10-18-28(31)29-21-22-30-33-27-17-9-8-12-24(27)20-23-32(33)37(35(30)34(29)36,25-13-4-2-5-14-25)26-15-6-3-7-16-26/h2-23H,1H3. The molecule has 174 valence electrons. The number of nitrogens with zero attached hydrogens (tertiary/aromatic N) is 1. The minimum atomic E-state index is -2.62. The van der Waals surface area contributed by atoms with E-state index in [0.717, 1.165) is 0 Å². The van der Waals surface area contributed by atoms with Gasteiger partial charge in [-0.05, 0) is 48.7 Å². The largest absolute Gasteiger partial charge is 0.344 e. The summed E-state index contributed by atoms with van der Waals surface area (Å²) in [6, 6.07) is 49.9. The highest BCUT2D eigenvalue weighted by Gasteiger charge is 2.50. The Hall–Kier alpha value is -4.40. The molecule has 0 radical (unpaired) electrons. The summed E-state index contributed by atoms with van der Waals surface area (Å²) in [6.07, 6.45) is 0. The monoisotopic (exact) mass is 487 g/mol. The highest BCUT2D eigenvalue weighted by Crippen LogP contribution is 2.39. The lowest BCUT2D eigenvalue weighted by molar-refractivity contribution is 1.02. The normalized spacial score (nSPS) is 13.8. The van der Waals surface area contributed by atoms with Gasteiger partial charge in [0.25, 0.3) is 0 Å². The van der Waals surface area contributed by atoms with Crippen LogP contribution in [0.2, 0.25) is 0 Å². The molecule has 6 aromatic carbocycles. The highest BCUT2D eigenvalue weighted by atomic mass is 28.3. The molecule has 2 heteroatoms. The third kappa shape index (κ3) is 2.58. The van der Waals surface area contributed by atoms with Crippen molar-refractivity contribution >= 4 is 61.4 Å². The van der Waals surface area contributed by atoms with Gasteiger partial charge in [-0.15, -0.1) is 0 Å². The second-order valence-electron chi connectivity index (χ2n) is 10.2. The molecule has 1 aliphatic rings. The maximum Gasteiger partial charge on any atom is 0.183 e. The summed E-state index contributed by atoms with van der Waals surface area (Å²) >= 11 is 0. The molecule has 0 unspecified atom stereocenters. The summed E-state index contributed by atoms with van der Waals surface area (Å²) < 4.78 is 2.45. The molecule has 37 heavy (non-hydrogen) atoms. The van der Waals surface area contributed by atoms with Crippen LogP contribution in [0, 0.1) is 0 Å². The molecular formula is C35H25NSi. The minimum Gasteiger partial charge on any atom is -0.344 e. The lowest BCUT2D eigenvalue weighted by Gasteiger charge is -2.32. The van der Waals surface area contributed by atoms with Gasteiger partial charge in [0.2, 0.25) is 0 Å². The third-order valence-electron chi connectivity index (χ3n) is 8.46. The van der Waals surface area contributed by atoms with Crippen LogP contribution in [0.5, 0.6) is 0 Å². The van der Waals surface area contributed by atoms with E-state index in [1.165, 1.54) is 64.5 Å². The minimum absolute atomic E-state index is 1.29. The summed E-state index contributed by atoms with van der Waals surface area (Å²) in [5, 5.41) is 11.2. The van der Waals surface area contributed by atoms with Gasteiger partial charge in [-0.1, -0.05) is 127 Å². The third-order valence-corrected chi connectivity index (χ3v) is 13.3. The molecule has 1 nitrogen and oxygen atoms in total. The summed E-state index contributed by atoms with van der Waals surface area (Å²) in [5.74, 6) is 0. The molecular weight excluding hydrogens is 462 g/mol. The number of hydrogen-bond donors (Lipinski definition) is 0. The number of hydrogen-bond acceptors (Lipinski definition) is 0. The smallest absolute Gasteiger partial charge is 0.183 e. The quantitative estimate of drug-likeness (QED) is 0.270. The SMILES string of the molecule is Cn1c2ccccc2c2ccc3c(c21)[Si](c1ccccc1)(c1ccccc1)c1ccc2ccccc2c1-3. The van der Waals surface area contributed by atoms with E-state index >= 15 is 0 Å². The fourth-order valence-corrected chi connectivity index (χ4v) is 12.4. The molecule has 0 atom stereocenters. The van der Waals surface area contributed by atoms with Crippen LogP contribution in [0.25, 0.3) is 43.7 Å². The Labute approximate surface area is 217 Å². The summed E-state index contributed by atoms with van der Waals surface area (Å²) in [6.45, 7) is 0. The van der Waals surface area contributed by atoms with Crippen molar-refractivity contribution in [2.75, 3.05) is 0 Å². The molecule has 0 saturated carbocycles.